The van der Waals surface area contributed by atoms with Gasteiger partial charge in [0.25, 0.3) is 5.91 Å². The van der Waals surface area contributed by atoms with Gasteiger partial charge in [-0.1, -0.05) is 0 Å². The fraction of sp³-hybridized carbons (Fsp3) is 0.455. The highest BCUT2D eigenvalue weighted by molar-refractivity contribution is 7.99. The van der Waals surface area contributed by atoms with Crippen LogP contribution in [0.5, 0.6) is 0 Å². The minimum Gasteiger partial charge on any atom is -0.347 e. The monoisotopic (exact) mass is 235 g/mol. The lowest BCUT2D eigenvalue weighted by Gasteiger charge is -2.42. The summed E-state index contributed by atoms with van der Waals surface area (Å²) in [5.41, 5.74) is 0.385. The first-order chi connectivity index (χ1) is 7.79. The average molecular weight is 235 g/mol. The van der Waals surface area contributed by atoms with Crippen molar-refractivity contribution in [3.63, 3.8) is 0 Å². The van der Waals surface area contributed by atoms with Crippen molar-refractivity contribution >= 4 is 23.5 Å². The molecule has 2 aliphatic rings. The van der Waals surface area contributed by atoms with E-state index in [4.69, 9.17) is 0 Å². The number of fused-ring (bicyclic) bond motifs is 1. The SMILES string of the molecule is O=C1NC2(CCSCC2)Nc2ncccc21. The van der Waals surface area contributed by atoms with Gasteiger partial charge in [-0.25, -0.2) is 4.98 Å². The number of hydrogen-bond donors (Lipinski definition) is 2. The highest BCUT2D eigenvalue weighted by Crippen LogP contribution is 2.32. The Bertz CT molecular complexity index is 429. The van der Waals surface area contributed by atoms with Gasteiger partial charge in [0.2, 0.25) is 0 Å². The molecule has 0 unspecified atom stereocenters. The van der Waals surface area contributed by atoms with Crippen LogP contribution in [-0.2, 0) is 0 Å². The number of carbonyl (C=O) groups is 1. The maximum Gasteiger partial charge on any atom is 0.256 e. The number of aromatic nitrogens is 1. The van der Waals surface area contributed by atoms with Gasteiger partial charge in [0.1, 0.15) is 11.5 Å². The zero-order valence-electron chi connectivity index (χ0n) is 8.82. The van der Waals surface area contributed by atoms with E-state index < -0.39 is 0 Å². The van der Waals surface area contributed by atoms with E-state index in [9.17, 15) is 4.79 Å². The molecular formula is C11H13N3OS. The van der Waals surface area contributed by atoms with E-state index in [0.717, 1.165) is 30.2 Å². The maximum atomic E-state index is 12.0. The van der Waals surface area contributed by atoms with Gasteiger partial charge in [-0.2, -0.15) is 11.8 Å². The molecule has 4 nitrogen and oxygen atoms in total. The number of pyridine rings is 1. The summed E-state index contributed by atoms with van der Waals surface area (Å²) in [6.07, 6.45) is 3.63. The fourth-order valence-electron chi connectivity index (χ4n) is 2.20. The van der Waals surface area contributed by atoms with Crippen LogP contribution in [0, 0.1) is 0 Å². The standard InChI is InChI=1S/C11H13N3OS/c15-10-8-2-1-5-12-9(8)13-11(14-10)3-6-16-7-4-11/h1-2,5H,3-4,6-7H2,(H,12,13)(H,14,15). The Balaban J connectivity index is 1.96. The van der Waals surface area contributed by atoms with E-state index in [1.54, 1.807) is 18.3 Å². The fourth-order valence-corrected chi connectivity index (χ4v) is 3.39. The van der Waals surface area contributed by atoms with Crippen LogP contribution in [0.15, 0.2) is 18.3 Å². The number of nitrogens with zero attached hydrogens (tertiary/aromatic N) is 1. The summed E-state index contributed by atoms with van der Waals surface area (Å²) < 4.78 is 0. The summed E-state index contributed by atoms with van der Waals surface area (Å²) in [5.74, 6) is 2.87. The number of carbonyl (C=O) groups excluding carboxylic acids is 1. The first-order valence-corrected chi connectivity index (χ1v) is 6.58. The number of hydrogen-bond acceptors (Lipinski definition) is 4. The molecule has 0 radical (unpaired) electrons. The molecule has 0 aliphatic carbocycles. The molecule has 0 bridgehead atoms. The summed E-state index contributed by atoms with van der Waals surface area (Å²) in [7, 11) is 0. The summed E-state index contributed by atoms with van der Waals surface area (Å²) in [6, 6.07) is 3.59. The van der Waals surface area contributed by atoms with E-state index in [2.05, 4.69) is 15.6 Å². The van der Waals surface area contributed by atoms with Crippen LogP contribution in [0.1, 0.15) is 23.2 Å². The zero-order chi connectivity index (χ0) is 11.0. The number of amides is 1. The lowest BCUT2D eigenvalue weighted by atomic mass is 9.99. The highest BCUT2D eigenvalue weighted by atomic mass is 32.2. The minimum absolute atomic E-state index is 0.00579. The first kappa shape index (κ1) is 9.96. The Morgan fingerprint density at radius 3 is 2.94 bits per heavy atom. The average Bonchev–Trinajstić information content (AvgIpc) is 2.30. The zero-order valence-corrected chi connectivity index (χ0v) is 9.64. The van der Waals surface area contributed by atoms with Gasteiger partial charge in [0.05, 0.1) is 5.56 Å². The number of nitrogens with one attached hydrogen (secondary N) is 2. The third-order valence-corrected chi connectivity index (χ3v) is 4.09. The van der Waals surface area contributed by atoms with Crippen molar-refractivity contribution in [2.75, 3.05) is 16.8 Å². The van der Waals surface area contributed by atoms with Crippen molar-refractivity contribution in [3.05, 3.63) is 23.9 Å². The van der Waals surface area contributed by atoms with Gasteiger partial charge in [-0.15, -0.1) is 0 Å². The normalized spacial score (nSPS) is 22.1. The summed E-state index contributed by atoms with van der Waals surface area (Å²) in [5, 5.41) is 6.47. The minimum atomic E-state index is -0.260. The summed E-state index contributed by atoms with van der Waals surface area (Å²) >= 11 is 1.93. The van der Waals surface area contributed by atoms with E-state index >= 15 is 0 Å². The quantitative estimate of drug-likeness (QED) is 0.715. The van der Waals surface area contributed by atoms with Gasteiger partial charge in [-0.05, 0) is 36.5 Å². The predicted octanol–water partition coefficient (Wildman–Crippen LogP) is 1.46. The van der Waals surface area contributed by atoms with E-state index in [-0.39, 0.29) is 11.6 Å². The van der Waals surface area contributed by atoms with Crippen LogP contribution in [0.25, 0.3) is 0 Å². The smallest absolute Gasteiger partial charge is 0.256 e. The van der Waals surface area contributed by atoms with Crippen molar-refractivity contribution < 1.29 is 4.79 Å². The van der Waals surface area contributed by atoms with Crippen molar-refractivity contribution in [2.24, 2.45) is 0 Å². The Morgan fingerprint density at radius 1 is 1.31 bits per heavy atom. The van der Waals surface area contributed by atoms with E-state index in [1.807, 2.05) is 11.8 Å². The Hall–Kier alpha value is -1.23. The summed E-state index contributed by atoms with van der Waals surface area (Å²) in [6.45, 7) is 0. The number of anilines is 1. The lowest BCUT2D eigenvalue weighted by Crippen LogP contribution is -2.59. The molecule has 5 heteroatoms. The van der Waals surface area contributed by atoms with Crippen LogP contribution in [0.4, 0.5) is 5.82 Å². The Kier molecular flexibility index (Phi) is 2.28. The van der Waals surface area contributed by atoms with Gasteiger partial charge >= 0.3 is 0 Å². The molecule has 1 fully saturated rings. The van der Waals surface area contributed by atoms with Crippen molar-refractivity contribution in [3.8, 4) is 0 Å². The molecule has 84 valence electrons. The molecule has 0 aromatic carbocycles. The predicted molar refractivity (Wildman–Crippen MR) is 64.6 cm³/mol. The summed E-state index contributed by atoms with van der Waals surface area (Å²) in [4.78, 5) is 16.2. The molecule has 3 heterocycles. The second-order valence-corrected chi connectivity index (χ2v) is 5.40. The van der Waals surface area contributed by atoms with E-state index in [1.165, 1.54) is 0 Å². The molecule has 2 aliphatic heterocycles. The van der Waals surface area contributed by atoms with Crippen LogP contribution in [0.3, 0.4) is 0 Å². The van der Waals surface area contributed by atoms with Crippen molar-refractivity contribution in [1.82, 2.24) is 10.3 Å². The van der Waals surface area contributed by atoms with Gasteiger partial charge in [-0.3, -0.25) is 4.79 Å². The van der Waals surface area contributed by atoms with E-state index in [0.29, 0.717) is 5.56 Å². The second-order valence-electron chi connectivity index (χ2n) is 4.17. The first-order valence-electron chi connectivity index (χ1n) is 5.43. The third-order valence-electron chi connectivity index (χ3n) is 3.11. The molecular weight excluding hydrogens is 222 g/mol. The highest BCUT2D eigenvalue weighted by Gasteiger charge is 2.38. The largest absolute Gasteiger partial charge is 0.347 e. The number of thioether (sulfide) groups is 1. The third kappa shape index (κ3) is 1.55. The maximum absolute atomic E-state index is 12.0. The number of rotatable bonds is 0. The lowest BCUT2D eigenvalue weighted by molar-refractivity contribution is 0.0894. The van der Waals surface area contributed by atoms with Crippen LogP contribution < -0.4 is 10.6 Å². The van der Waals surface area contributed by atoms with Crippen LogP contribution in [-0.4, -0.2) is 28.1 Å². The van der Waals surface area contributed by atoms with Crippen molar-refractivity contribution in [2.45, 2.75) is 18.5 Å². The van der Waals surface area contributed by atoms with Gasteiger partial charge < -0.3 is 10.6 Å². The molecule has 3 rings (SSSR count). The molecule has 0 saturated carbocycles. The van der Waals surface area contributed by atoms with Crippen molar-refractivity contribution in [1.29, 1.82) is 0 Å². The van der Waals surface area contributed by atoms with Crippen LogP contribution in [0.2, 0.25) is 0 Å². The Labute approximate surface area is 98.2 Å². The van der Waals surface area contributed by atoms with Gasteiger partial charge in [0, 0.05) is 6.20 Å². The molecule has 0 atom stereocenters. The second kappa shape index (κ2) is 3.66. The molecule has 1 spiro atoms. The topological polar surface area (TPSA) is 54.0 Å². The van der Waals surface area contributed by atoms with Gasteiger partial charge in [0.15, 0.2) is 0 Å². The molecule has 2 N–H and O–H groups in total. The Morgan fingerprint density at radius 2 is 2.12 bits per heavy atom. The molecule has 1 saturated heterocycles. The molecule has 1 amide bonds. The molecule has 1 aromatic heterocycles. The molecule has 16 heavy (non-hydrogen) atoms. The molecule has 1 aromatic rings. The van der Waals surface area contributed by atoms with Crippen LogP contribution >= 0.6 is 11.8 Å².